The van der Waals surface area contributed by atoms with E-state index < -0.39 is 10.8 Å². The van der Waals surface area contributed by atoms with E-state index in [2.05, 4.69) is 10.5 Å². The number of rotatable bonds is 8. The zero-order valence-electron chi connectivity index (χ0n) is 17.1. The summed E-state index contributed by atoms with van der Waals surface area (Å²) in [7, 11) is 1.54. The zero-order chi connectivity index (χ0) is 22.2. The molecule has 0 spiro atoms. The maximum Gasteiger partial charge on any atom is 0.271 e. The topological polar surface area (TPSA) is 103 Å². The van der Waals surface area contributed by atoms with Gasteiger partial charge in [0, 0.05) is 17.7 Å². The summed E-state index contributed by atoms with van der Waals surface area (Å²) < 4.78 is 11.2. The van der Waals surface area contributed by atoms with Crippen molar-refractivity contribution < 1.29 is 19.2 Å². The summed E-state index contributed by atoms with van der Waals surface area (Å²) in [5.41, 5.74) is 5.24. The predicted octanol–water partition coefficient (Wildman–Crippen LogP) is 4.25. The Morgan fingerprint density at radius 3 is 2.58 bits per heavy atom. The molecule has 0 heterocycles. The van der Waals surface area contributed by atoms with Crippen molar-refractivity contribution in [1.82, 2.24) is 5.43 Å². The smallest absolute Gasteiger partial charge is 0.271 e. The van der Waals surface area contributed by atoms with Crippen LogP contribution in [0.15, 0.2) is 71.8 Å². The van der Waals surface area contributed by atoms with E-state index in [1.807, 2.05) is 31.2 Å². The summed E-state index contributed by atoms with van der Waals surface area (Å²) in [5, 5.41) is 14.7. The summed E-state index contributed by atoms with van der Waals surface area (Å²) in [4.78, 5) is 22.4. The number of nitro groups is 1. The van der Waals surface area contributed by atoms with E-state index >= 15 is 0 Å². The van der Waals surface area contributed by atoms with Gasteiger partial charge in [-0.3, -0.25) is 14.9 Å². The van der Waals surface area contributed by atoms with E-state index in [0.29, 0.717) is 23.7 Å². The molecule has 0 bridgehead atoms. The van der Waals surface area contributed by atoms with Gasteiger partial charge in [-0.25, -0.2) is 5.43 Å². The number of nitro benzene ring substituents is 1. The molecular formula is C23H21N3O5. The Hall–Kier alpha value is -4.20. The van der Waals surface area contributed by atoms with Crippen LogP contribution in [0.4, 0.5) is 5.69 Å². The number of hydrogen-bond donors (Lipinski definition) is 1. The van der Waals surface area contributed by atoms with Gasteiger partial charge in [0.15, 0.2) is 11.5 Å². The van der Waals surface area contributed by atoms with Gasteiger partial charge >= 0.3 is 0 Å². The molecule has 0 atom stereocenters. The minimum absolute atomic E-state index is 0.142. The number of methoxy groups -OCH3 is 1. The van der Waals surface area contributed by atoms with Crippen molar-refractivity contribution >= 4 is 17.8 Å². The maximum atomic E-state index is 12.1. The predicted molar refractivity (Wildman–Crippen MR) is 117 cm³/mol. The van der Waals surface area contributed by atoms with Gasteiger partial charge in [-0.1, -0.05) is 35.9 Å². The third kappa shape index (κ3) is 5.89. The van der Waals surface area contributed by atoms with Crippen molar-refractivity contribution in [2.24, 2.45) is 5.10 Å². The molecule has 3 aromatic carbocycles. The number of nitrogens with zero attached hydrogens (tertiary/aromatic N) is 2. The fraction of sp³-hybridized carbons (Fsp3) is 0.130. The second-order valence-electron chi connectivity index (χ2n) is 6.69. The Bertz CT molecular complexity index is 1110. The third-order valence-electron chi connectivity index (χ3n) is 4.40. The second kappa shape index (κ2) is 10.0. The maximum absolute atomic E-state index is 12.1. The molecule has 1 amide bonds. The first kappa shape index (κ1) is 21.5. The van der Waals surface area contributed by atoms with Gasteiger partial charge in [-0.05, 0) is 42.3 Å². The SMILES string of the molecule is COc1cc(C=NNC(=O)c2cccc([N+](=O)[O-])c2)ccc1OCc1ccc(C)cc1. The minimum atomic E-state index is -0.561. The van der Waals surface area contributed by atoms with Crippen molar-refractivity contribution in [3.8, 4) is 11.5 Å². The van der Waals surface area contributed by atoms with E-state index in [-0.39, 0.29) is 11.3 Å². The molecule has 8 nitrogen and oxygen atoms in total. The van der Waals surface area contributed by atoms with Crippen molar-refractivity contribution in [2.75, 3.05) is 7.11 Å². The van der Waals surface area contributed by atoms with Crippen molar-refractivity contribution in [3.63, 3.8) is 0 Å². The number of carbonyl (C=O) groups excluding carboxylic acids is 1. The number of amides is 1. The Balaban J connectivity index is 1.63. The fourth-order valence-corrected chi connectivity index (χ4v) is 2.72. The summed E-state index contributed by atoms with van der Waals surface area (Å²) in [5.74, 6) is 0.562. The molecule has 0 unspecified atom stereocenters. The van der Waals surface area contributed by atoms with Crippen LogP contribution in [0.1, 0.15) is 27.0 Å². The highest BCUT2D eigenvalue weighted by Crippen LogP contribution is 2.28. The van der Waals surface area contributed by atoms with E-state index in [9.17, 15) is 14.9 Å². The lowest BCUT2D eigenvalue weighted by atomic mass is 10.2. The molecule has 0 fully saturated rings. The lowest BCUT2D eigenvalue weighted by molar-refractivity contribution is -0.384. The van der Waals surface area contributed by atoms with Gasteiger partial charge in [0.05, 0.1) is 18.2 Å². The monoisotopic (exact) mass is 419 g/mol. The number of benzene rings is 3. The molecule has 0 saturated carbocycles. The molecule has 0 aromatic heterocycles. The standard InChI is InChI=1S/C23H21N3O5/c1-16-6-8-17(9-7-16)15-31-21-11-10-18(12-22(21)30-2)14-24-25-23(27)19-4-3-5-20(13-19)26(28)29/h3-14H,15H2,1-2H3,(H,25,27). The molecule has 8 heteroatoms. The van der Waals surface area contributed by atoms with Crippen LogP contribution < -0.4 is 14.9 Å². The van der Waals surface area contributed by atoms with Crippen molar-refractivity contribution in [2.45, 2.75) is 13.5 Å². The van der Waals surface area contributed by atoms with Crippen LogP contribution in [-0.4, -0.2) is 24.2 Å². The lowest BCUT2D eigenvalue weighted by Gasteiger charge is -2.11. The zero-order valence-corrected chi connectivity index (χ0v) is 17.1. The summed E-state index contributed by atoms with van der Waals surface area (Å²) in [6.07, 6.45) is 1.45. The van der Waals surface area contributed by atoms with E-state index in [0.717, 1.165) is 5.56 Å². The van der Waals surface area contributed by atoms with Crippen LogP contribution in [0, 0.1) is 17.0 Å². The summed E-state index contributed by atoms with van der Waals surface area (Å²) >= 11 is 0. The van der Waals surface area contributed by atoms with E-state index in [1.54, 1.807) is 25.3 Å². The highest BCUT2D eigenvalue weighted by Gasteiger charge is 2.11. The highest BCUT2D eigenvalue weighted by atomic mass is 16.6. The second-order valence-corrected chi connectivity index (χ2v) is 6.69. The first-order chi connectivity index (χ1) is 15.0. The third-order valence-corrected chi connectivity index (χ3v) is 4.40. The molecule has 0 aliphatic rings. The molecule has 0 aliphatic heterocycles. The Kier molecular flexibility index (Phi) is 6.95. The fourth-order valence-electron chi connectivity index (χ4n) is 2.72. The highest BCUT2D eigenvalue weighted by molar-refractivity contribution is 5.95. The number of nitrogens with one attached hydrogen (secondary N) is 1. The number of non-ortho nitro benzene ring substituents is 1. The molecule has 31 heavy (non-hydrogen) atoms. The van der Waals surface area contributed by atoms with Gasteiger partial charge in [-0.15, -0.1) is 0 Å². The Labute approximate surface area is 179 Å². The molecule has 0 saturated heterocycles. The van der Waals surface area contributed by atoms with E-state index in [4.69, 9.17) is 9.47 Å². The first-order valence-corrected chi connectivity index (χ1v) is 9.40. The summed E-state index contributed by atoms with van der Waals surface area (Å²) in [6, 6.07) is 18.7. The molecule has 158 valence electrons. The van der Waals surface area contributed by atoms with Crippen LogP contribution >= 0.6 is 0 Å². The number of aryl methyl sites for hydroxylation is 1. The van der Waals surface area contributed by atoms with Crippen LogP contribution in [0.5, 0.6) is 11.5 Å². The lowest BCUT2D eigenvalue weighted by Crippen LogP contribution is -2.17. The Morgan fingerprint density at radius 1 is 1.10 bits per heavy atom. The van der Waals surface area contributed by atoms with Crippen LogP contribution in [-0.2, 0) is 6.61 Å². The molecule has 0 aliphatic carbocycles. The van der Waals surface area contributed by atoms with Crippen molar-refractivity contribution in [1.29, 1.82) is 0 Å². The summed E-state index contributed by atoms with van der Waals surface area (Å²) in [6.45, 7) is 2.43. The molecule has 1 N–H and O–H groups in total. The quantitative estimate of drug-likeness (QED) is 0.334. The van der Waals surface area contributed by atoms with E-state index in [1.165, 1.54) is 36.0 Å². The van der Waals surface area contributed by atoms with Gasteiger partial charge in [0.25, 0.3) is 11.6 Å². The molecular weight excluding hydrogens is 398 g/mol. The molecule has 3 aromatic rings. The average molecular weight is 419 g/mol. The van der Waals surface area contributed by atoms with Gasteiger partial charge in [0.2, 0.25) is 0 Å². The Morgan fingerprint density at radius 2 is 1.87 bits per heavy atom. The normalized spacial score (nSPS) is 10.6. The molecule has 3 rings (SSSR count). The average Bonchev–Trinajstić information content (AvgIpc) is 2.79. The minimum Gasteiger partial charge on any atom is -0.493 e. The first-order valence-electron chi connectivity index (χ1n) is 9.40. The van der Waals surface area contributed by atoms with Crippen LogP contribution in [0.25, 0.3) is 0 Å². The van der Waals surface area contributed by atoms with Gasteiger partial charge < -0.3 is 9.47 Å². The number of hydrazone groups is 1. The molecule has 0 radical (unpaired) electrons. The van der Waals surface area contributed by atoms with Crippen LogP contribution in [0.2, 0.25) is 0 Å². The number of carbonyl (C=O) groups is 1. The largest absolute Gasteiger partial charge is 0.493 e. The number of hydrogen-bond acceptors (Lipinski definition) is 6. The van der Waals surface area contributed by atoms with Crippen LogP contribution in [0.3, 0.4) is 0 Å². The van der Waals surface area contributed by atoms with Gasteiger partial charge in [-0.2, -0.15) is 5.10 Å². The van der Waals surface area contributed by atoms with Gasteiger partial charge in [0.1, 0.15) is 6.61 Å². The number of ether oxygens (including phenoxy) is 2. The van der Waals surface area contributed by atoms with Crippen molar-refractivity contribution in [3.05, 3.63) is 99.1 Å².